The zero-order chi connectivity index (χ0) is 28.5. The molecule has 0 spiro atoms. The average molecular weight is 571 g/mol. The second-order valence-electron chi connectivity index (χ2n) is 13.1. The third-order valence-corrected chi connectivity index (χ3v) is 12.3. The normalized spacial score (nSPS) is 38.5. The standard InChI is InChI=1S/C32H42O7S/c1-20-6-9-24(10-7-20)40(34,35)39-23-14-15-30(3)22(18-23)8-11-25-26-12-13-28(32(5)36-16-17-37-32)31(26,4)29(19-27(25)30)38-21(2)33/h6-10,12,23,25,27-29H,11,13-19H2,1-5H3/t23-,25-,27-,28-,29+,30-,31-/m0/s1. The van der Waals surface area contributed by atoms with Crippen molar-refractivity contribution in [2.45, 2.75) is 96.0 Å². The number of carbonyl (C=O) groups excluding carboxylic acids is 1. The van der Waals surface area contributed by atoms with Crippen LogP contribution in [0.4, 0.5) is 0 Å². The van der Waals surface area contributed by atoms with Gasteiger partial charge >= 0.3 is 5.97 Å². The molecule has 1 aromatic carbocycles. The molecule has 0 N–H and O–H groups in total. The predicted molar refractivity (Wildman–Crippen MR) is 150 cm³/mol. The number of aryl methyl sites for hydroxylation is 1. The molecule has 1 aliphatic heterocycles. The lowest BCUT2D eigenvalue weighted by atomic mass is 9.47. The van der Waals surface area contributed by atoms with E-state index >= 15 is 0 Å². The summed E-state index contributed by atoms with van der Waals surface area (Å²) in [7, 11) is -3.84. The summed E-state index contributed by atoms with van der Waals surface area (Å²) in [5.74, 6) is -0.256. The second-order valence-corrected chi connectivity index (χ2v) is 14.7. The van der Waals surface area contributed by atoms with Crippen molar-refractivity contribution in [3.63, 3.8) is 0 Å². The van der Waals surface area contributed by atoms with Gasteiger partial charge in [-0.05, 0) is 81.8 Å². The number of ether oxygens (including phenoxy) is 3. The number of hydrogen-bond donors (Lipinski definition) is 0. The highest BCUT2D eigenvalue weighted by Crippen LogP contribution is 2.67. The van der Waals surface area contributed by atoms with E-state index < -0.39 is 15.9 Å². The number of esters is 1. The van der Waals surface area contributed by atoms with Crippen LogP contribution in [0.5, 0.6) is 0 Å². The summed E-state index contributed by atoms with van der Waals surface area (Å²) in [6.45, 7) is 11.2. The quantitative estimate of drug-likeness (QED) is 0.248. The Labute approximate surface area is 238 Å². The molecule has 1 saturated heterocycles. The van der Waals surface area contributed by atoms with Gasteiger partial charge in [0.25, 0.3) is 10.1 Å². The highest BCUT2D eigenvalue weighted by Gasteiger charge is 2.64. The van der Waals surface area contributed by atoms with E-state index in [0.29, 0.717) is 37.9 Å². The van der Waals surface area contributed by atoms with Crippen LogP contribution in [0.2, 0.25) is 0 Å². The van der Waals surface area contributed by atoms with E-state index in [-0.39, 0.29) is 39.8 Å². The zero-order valence-corrected chi connectivity index (χ0v) is 25.1. The Morgan fingerprint density at radius 1 is 1.02 bits per heavy atom. The molecule has 0 bridgehead atoms. The summed E-state index contributed by atoms with van der Waals surface area (Å²) in [6, 6.07) is 6.81. The summed E-state index contributed by atoms with van der Waals surface area (Å²) >= 11 is 0. The van der Waals surface area contributed by atoms with Crippen LogP contribution in [0.25, 0.3) is 0 Å². The monoisotopic (exact) mass is 570 g/mol. The summed E-state index contributed by atoms with van der Waals surface area (Å²) in [5.41, 5.74) is 3.18. The largest absolute Gasteiger partial charge is 0.462 e. The van der Waals surface area contributed by atoms with E-state index in [1.165, 1.54) is 18.1 Å². The van der Waals surface area contributed by atoms with Gasteiger partial charge in [-0.1, -0.05) is 54.8 Å². The number of allylic oxidation sites excluding steroid dienone is 2. The van der Waals surface area contributed by atoms with Gasteiger partial charge in [0.15, 0.2) is 5.79 Å². The van der Waals surface area contributed by atoms with Crippen molar-refractivity contribution in [2.75, 3.05) is 13.2 Å². The minimum absolute atomic E-state index is 0.0668. The Hall–Kier alpha value is -2.00. The third-order valence-electron chi connectivity index (χ3n) is 10.9. The van der Waals surface area contributed by atoms with Crippen LogP contribution in [-0.4, -0.2) is 45.6 Å². The molecule has 3 fully saturated rings. The molecule has 7 atom stereocenters. The topological polar surface area (TPSA) is 88.1 Å². The molecule has 1 aromatic rings. The van der Waals surface area contributed by atoms with Crippen molar-refractivity contribution < 1.29 is 31.6 Å². The first-order valence-electron chi connectivity index (χ1n) is 14.7. The zero-order valence-electron chi connectivity index (χ0n) is 24.3. The number of benzene rings is 1. The molecular weight excluding hydrogens is 528 g/mol. The fourth-order valence-electron chi connectivity index (χ4n) is 8.82. The molecule has 6 rings (SSSR count). The van der Waals surface area contributed by atoms with E-state index in [4.69, 9.17) is 18.4 Å². The fraction of sp³-hybridized carbons (Fsp3) is 0.656. The van der Waals surface area contributed by atoms with E-state index in [2.05, 4.69) is 26.0 Å². The molecule has 7 nitrogen and oxygen atoms in total. The lowest BCUT2D eigenvalue weighted by Crippen LogP contribution is -2.58. The van der Waals surface area contributed by atoms with Crippen molar-refractivity contribution in [2.24, 2.45) is 28.6 Å². The number of rotatable bonds is 5. The Kier molecular flexibility index (Phi) is 6.88. The van der Waals surface area contributed by atoms with E-state index in [9.17, 15) is 13.2 Å². The maximum absolute atomic E-state index is 13.0. The van der Waals surface area contributed by atoms with Gasteiger partial charge in [-0.25, -0.2) is 0 Å². The van der Waals surface area contributed by atoms with Gasteiger partial charge in [0.05, 0.1) is 24.2 Å². The lowest BCUT2D eigenvalue weighted by molar-refractivity contribution is -0.223. The maximum Gasteiger partial charge on any atom is 0.302 e. The van der Waals surface area contributed by atoms with Crippen LogP contribution < -0.4 is 0 Å². The predicted octanol–water partition coefficient (Wildman–Crippen LogP) is 5.87. The van der Waals surface area contributed by atoms with Gasteiger partial charge in [0.2, 0.25) is 0 Å². The minimum Gasteiger partial charge on any atom is -0.462 e. The van der Waals surface area contributed by atoms with Gasteiger partial charge in [-0.15, -0.1) is 0 Å². The molecule has 218 valence electrons. The summed E-state index contributed by atoms with van der Waals surface area (Å²) in [4.78, 5) is 12.6. The molecule has 0 aromatic heterocycles. The number of fused-ring (bicyclic) bond motifs is 5. The molecular formula is C32H42O7S. The van der Waals surface area contributed by atoms with Crippen LogP contribution in [0.15, 0.2) is 52.5 Å². The number of hydrogen-bond acceptors (Lipinski definition) is 7. The molecule has 4 aliphatic carbocycles. The Morgan fingerprint density at radius 2 is 1.73 bits per heavy atom. The highest BCUT2D eigenvalue weighted by molar-refractivity contribution is 7.86. The first kappa shape index (κ1) is 28.1. The van der Waals surface area contributed by atoms with Crippen LogP contribution >= 0.6 is 0 Å². The summed E-state index contributed by atoms with van der Waals surface area (Å²) in [5, 5.41) is 0. The third kappa shape index (κ3) is 4.41. The van der Waals surface area contributed by atoms with Gasteiger partial charge in [-0.3, -0.25) is 8.98 Å². The van der Waals surface area contributed by atoms with Gasteiger partial charge in [-0.2, -0.15) is 8.42 Å². The van der Waals surface area contributed by atoms with Crippen molar-refractivity contribution in [3.8, 4) is 0 Å². The minimum atomic E-state index is -3.84. The van der Waals surface area contributed by atoms with Gasteiger partial charge in [0.1, 0.15) is 6.10 Å². The molecule has 0 amide bonds. The Balaban J connectivity index is 1.27. The first-order valence-corrected chi connectivity index (χ1v) is 16.1. The highest BCUT2D eigenvalue weighted by atomic mass is 32.2. The van der Waals surface area contributed by atoms with Gasteiger partial charge < -0.3 is 14.2 Å². The van der Waals surface area contributed by atoms with E-state index in [1.807, 2.05) is 13.8 Å². The molecule has 1 heterocycles. The molecule has 40 heavy (non-hydrogen) atoms. The van der Waals surface area contributed by atoms with Crippen LogP contribution in [0.3, 0.4) is 0 Å². The van der Waals surface area contributed by atoms with Crippen LogP contribution in [0.1, 0.15) is 71.8 Å². The van der Waals surface area contributed by atoms with Crippen molar-refractivity contribution in [3.05, 3.63) is 53.1 Å². The molecule has 0 radical (unpaired) electrons. The SMILES string of the molecule is CC(=O)O[C@@H]1C[C@H]2[C@@H](CC=C3C[C@@H](OS(=O)(=O)c4ccc(C)cc4)CC[C@@]32C)C2=CC[C@H](C3(C)OCCO3)[C@]21C. The second kappa shape index (κ2) is 9.79. The van der Waals surface area contributed by atoms with Crippen LogP contribution in [0, 0.1) is 35.5 Å². The average Bonchev–Trinajstić information content (AvgIpc) is 3.49. The molecule has 2 saturated carbocycles. The Bertz CT molecular complexity index is 1340. The summed E-state index contributed by atoms with van der Waals surface area (Å²) < 4.78 is 50.3. The van der Waals surface area contributed by atoms with E-state index in [0.717, 1.165) is 31.2 Å². The van der Waals surface area contributed by atoms with Crippen LogP contribution in [-0.2, 0) is 33.3 Å². The van der Waals surface area contributed by atoms with E-state index in [1.54, 1.807) is 24.3 Å². The number of carbonyl (C=O) groups is 1. The van der Waals surface area contributed by atoms with Crippen molar-refractivity contribution in [1.82, 2.24) is 0 Å². The smallest absolute Gasteiger partial charge is 0.302 e. The first-order chi connectivity index (χ1) is 18.9. The Morgan fingerprint density at radius 3 is 2.40 bits per heavy atom. The lowest BCUT2D eigenvalue weighted by Gasteiger charge is -2.59. The van der Waals surface area contributed by atoms with Crippen molar-refractivity contribution in [1.29, 1.82) is 0 Å². The maximum atomic E-state index is 13.0. The fourth-order valence-corrected chi connectivity index (χ4v) is 9.92. The van der Waals surface area contributed by atoms with Gasteiger partial charge in [0, 0.05) is 18.3 Å². The summed E-state index contributed by atoms with van der Waals surface area (Å²) in [6.07, 6.45) is 8.66. The van der Waals surface area contributed by atoms with Crippen molar-refractivity contribution >= 4 is 16.1 Å². The molecule has 8 heteroatoms. The molecule has 0 unspecified atom stereocenters. The molecule has 5 aliphatic rings.